The monoisotopic (exact) mass is 413 g/mol. The first-order chi connectivity index (χ1) is 13.5. The van der Waals surface area contributed by atoms with Gasteiger partial charge in [-0.1, -0.05) is 41.9 Å². The van der Waals surface area contributed by atoms with Gasteiger partial charge in [-0.05, 0) is 47.7 Å². The number of benzene rings is 2. The Hall–Kier alpha value is -3.03. The van der Waals surface area contributed by atoms with Gasteiger partial charge in [0.25, 0.3) is 11.8 Å². The number of nitrogens with zero attached hydrogens (tertiary/aromatic N) is 2. The molecule has 0 radical (unpaired) electrons. The van der Waals surface area contributed by atoms with Gasteiger partial charge in [0.15, 0.2) is 5.17 Å². The zero-order chi connectivity index (χ0) is 20.1. The van der Waals surface area contributed by atoms with Crippen LogP contribution in [-0.4, -0.2) is 33.5 Å². The quantitative estimate of drug-likeness (QED) is 0.443. The summed E-state index contributed by atoms with van der Waals surface area (Å²) in [5.74, 6) is -0.968. The minimum Gasteiger partial charge on any atom is -0.507 e. The van der Waals surface area contributed by atoms with Crippen molar-refractivity contribution in [2.45, 2.75) is 0 Å². The molecule has 0 atom stereocenters. The van der Waals surface area contributed by atoms with Gasteiger partial charge in [-0.2, -0.15) is 0 Å². The molecule has 1 fully saturated rings. The van der Waals surface area contributed by atoms with Crippen molar-refractivity contribution in [1.29, 1.82) is 0 Å². The molecule has 2 N–H and O–H groups in total. The predicted molar refractivity (Wildman–Crippen MR) is 112 cm³/mol. The van der Waals surface area contributed by atoms with Crippen molar-refractivity contribution in [3.05, 3.63) is 82.2 Å². The second-order valence-electron chi connectivity index (χ2n) is 5.72. The summed E-state index contributed by atoms with van der Waals surface area (Å²) >= 11 is 7.02. The first-order valence-electron chi connectivity index (χ1n) is 8.23. The number of rotatable bonds is 5. The topological polar surface area (TPSA) is 82.0 Å². The van der Waals surface area contributed by atoms with Crippen LogP contribution in [0.2, 0.25) is 5.02 Å². The first kappa shape index (κ1) is 19.7. The SMILES string of the molecule is C=CCN1C(=O)/C(=C/c2ccc(Cl)cc2)S/C1=N/NC(=O)c1ccccc1O. The molecule has 0 saturated carbocycles. The number of thioether (sulfide) groups is 1. The fraction of sp³-hybridized carbons (Fsp3) is 0.0500. The lowest BCUT2D eigenvalue weighted by Crippen LogP contribution is -2.31. The Morgan fingerprint density at radius 1 is 1.25 bits per heavy atom. The van der Waals surface area contributed by atoms with Crippen LogP contribution in [-0.2, 0) is 4.79 Å². The third-order valence-corrected chi connectivity index (χ3v) is 5.03. The molecule has 2 amide bonds. The number of aromatic hydroxyl groups is 1. The summed E-state index contributed by atoms with van der Waals surface area (Å²) in [6.07, 6.45) is 3.30. The highest BCUT2D eigenvalue weighted by atomic mass is 35.5. The van der Waals surface area contributed by atoms with Gasteiger partial charge >= 0.3 is 0 Å². The summed E-state index contributed by atoms with van der Waals surface area (Å²) in [6.45, 7) is 3.90. The van der Waals surface area contributed by atoms with E-state index in [9.17, 15) is 14.7 Å². The van der Waals surface area contributed by atoms with Gasteiger partial charge in [-0.15, -0.1) is 11.7 Å². The van der Waals surface area contributed by atoms with E-state index >= 15 is 0 Å². The third-order valence-electron chi connectivity index (χ3n) is 3.77. The Morgan fingerprint density at radius 2 is 1.96 bits per heavy atom. The summed E-state index contributed by atoms with van der Waals surface area (Å²) in [7, 11) is 0. The van der Waals surface area contributed by atoms with Crippen molar-refractivity contribution >= 4 is 46.4 Å². The number of hydrazone groups is 1. The van der Waals surface area contributed by atoms with Gasteiger partial charge in [0.1, 0.15) is 5.75 Å². The molecule has 0 bridgehead atoms. The number of carbonyl (C=O) groups is 2. The van der Waals surface area contributed by atoms with E-state index in [-0.39, 0.29) is 23.8 Å². The van der Waals surface area contributed by atoms with E-state index in [1.54, 1.807) is 48.6 Å². The number of nitrogens with one attached hydrogen (secondary N) is 1. The summed E-state index contributed by atoms with van der Waals surface area (Å²) in [5, 5.41) is 14.7. The van der Waals surface area contributed by atoms with Gasteiger partial charge in [0.2, 0.25) is 0 Å². The Bertz CT molecular complexity index is 986. The van der Waals surface area contributed by atoms with E-state index in [2.05, 4.69) is 17.1 Å². The Kier molecular flexibility index (Phi) is 6.18. The van der Waals surface area contributed by atoms with Crippen LogP contribution in [0.1, 0.15) is 15.9 Å². The molecule has 1 heterocycles. The van der Waals surface area contributed by atoms with Crippen molar-refractivity contribution < 1.29 is 14.7 Å². The number of hydrogen-bond acceptors (Lipinski definition) is 5. The van der Waals surface area contributed by atoms with Gasteiger partial charge in [0, 0.05) is 11.6 Å². The molecule has 0 aliphatic carbocycles. The fourth-order valence-corrected chi connectivity index (χ4v) is 3.49. The van der Waals surface area contributed by atoms with Gasteiger partial charge in [-0.3, -0.25) is 14.5 Å². The van der Waals surface area contributed by atoms with Gasteiger partial charge in [-0.25, -0.2) is 5.43 Å². The van der Waals surface area contributed by atoms with Crippen molar-refractivity contribution in [2.75, 3.05) is 6.54 Å². The zero-order valence-corrected chi connectivity index (χ0v) is 16.2. The summed E-state index contributed by atoms with van der Waals surface area (Å²) < 4.78 is 0. The largest absolute Gasteiger partial charge is 0.507 e. The number of carbonyl (C=O) groups excluding carboxylic acids is 2. The number of amides is 2. The average Bonchev–Trinajstić information content (AvgIpc) is 2.97. The molecular weight excluding hydrogens is 398 g/mol. The van der Waals surface area contributed by atoms with Crippen LogP contribution < -0.4 is 5.43 Å². The minimum absolute atomic E-state index is 0.0911. The van der Waals surface area contributed by atoms with Crippen molar-refractivity contribution in [1.82, 2.24) is 10.3 Å². The van der Waals surface area contributed by atoms with E-state index in [4.69, 9.17) is 11.6 Å². The van der Waals surface area contributed by atoms with Gasteiger partial charge < -0.3 is 5.11 Å². The maximum absolute atomic E-state index is 12.7. The average molecular weight is 414 g/mol. The number of phenols is 1. The molecule has 1 aliphatic heterocycles. The molecule has 0 spiro atoms. The number of halogens is 1. The minimum atomic E-state index is -0.577. The molecule has 8 heteroatoms. The van der Waals surface area contributed by atoms with Crippen molar-refractivity contribution in [3.63, 3.8) is 0 Å². The number of hydrogen-bond donors (Lipinski definition) is 2. The Balaban J connectivity index is 1.83. The zero-order valence-electron chi connectivity index (χ0n) is 14.6. The van der Waals surface area contributed by atoms with Crippen LogP contribution in [0, 0.1) is 0 Å². The van der Waals surface area contributed by atoms with Crippen LogP contribution in [0.5, 0.6) is 5.75 Å². The third kappa shape index (κ3) is 4.44. The smallest absolute Gasteiger partial charge is 0.275 e. The maximum atomic E-state index is 12.7. The summed E-state index contributed by atoms with van der Waals surface area (Å²) in [6, 6.07) is 13.2. The Morgan fingerprint density at radius 3 is 2.64 bits per heavy atom. The molecule has 0 aromatic heterocycles. The molecule has 6 nitrogen and oxygen atoms in total. The molecular formula is C20H16ClN3O3S. The molecule has 2 aromatic rings. The maximum Gasteiger partial charge on any atom is 0.275 e. The molecule has 1 aliphatic rings. The molecule has 28 heavy (non-hydrogen) atoms. The molecule has 1 saturated heterocycles. The second-order valence-corrected chi connectivity index (χ2v) is 7.16. The number of para-hydroxylation sites is 1. The summed E-state index contributed by atoms with van der Waals surface area (Å²) in [5.41, 5.74) is 3.29. The Labute approximate surface area is 171 Å². The lowest BCUT2D eigenvalue weighted by molar-refractivity contribution is -0.121. The predicted octanol–water partition coefficient (Wildman–Crippen LogP) is 3.85. The number of phenolic OH excluding ortho intramolecular Hbond substituents is 1. The van der Waals surface area contributed by atoms with Crippen molar-refractivity contribution in [3.8, 4) is 5.75 Å². The highest BCUT2D eigenvalue weighted by Crippen LogP contribution is 2.32. The van der Waals surface area contributed by atoms with E-state index in [0.29, 0.717) is 15.1 Å². The molecule has 2 aromatic carbocycles. The van der Waals surface area contributed by atoms with Crippen LogP contribution in [0.4, 0.5) is 0 Å². The summed E-state index contributed by atoms with van der Waals surface area (Å²) in [4.78, 5) is 26.8. The van der Waals surface area contributed by atoms with Gasteiger partial charge in [0.05, 0.1) is 10.5 Å². The number of amidine groups is 1. The second kappa shape index (κ2) is 8.77. The van der Waals surface area contributed by atoms with Crippen LogP contribution >= 0.6 is 23.4 Å². The van der Waals surface area contributed by atoms with E-state index in [0.717, 1.165) is 17.3 Å². The molecule has 3 rings (SSSR count). The highest BCUT2D eigenvalue weighted by molar-refractivity contribution is 8.18. The normalized spacial score (nSPS) is 16.6. The van der Waals surface area contributed by atoms with Crippen LogP contribution in [0.15, 0.2) is 71.2 Å². The lowest BCUT2D eigenvalue weighted by Gasteiger charge is -2.12. The highest BCUT2D eigenvalue weighted by Gasteiger charge is 2.33. The van der Waals surface area contributed by atoms with Crippen LogP contribution in [0.3, 0.4) is 0 Å². The van der Waals surface area contributed by atoms with Crippen molar-refractivity contribution in [2.24, 2.45) is 5.10 Å². The van der Waals surface area contributed by atoms with E-state index < -0.39 is 5.91 Å². The lowest BCUT2D eigenvalue weighted by atomic mass is 10.2. The molecule has 142 valence electrons. The van der Waals surface area contributed by atoms with Crippen LogP contribution in [0.25, 0.3) is 6.08 Å². The standard InChI is InChI=1S/C20H16ClN3O3S/c1-2-11-24-19(27)17(12-13-7-9-14(21)10-8-13)28-20(24)23-22-18(26)15-5-3-4-6-16(15)25/h2-10,12,25H,1,11H2,(H,22,26)/b17-12-,23-20+. The first-order valence-corrected chi connectivity index (χ1v) is 9.43. The van der Waals surface area contributed by atoms with E-state index in [1.165, 1.54) is 17.0 Å². The molecule has 0 unspecified atom stereocenters. The fourth-order valence-electron chi connectivity index (χ4n) is 2.42. The van der Waals surface area contributed by atoms with E-state index in [1.807, 2.05) is 0 Å².